The highest BCUT2D eigenvalue weighted by Crippen LogP contribution is 2.26. The van der Waals surface area contributed by atoms with E-state index in [9.17, 15) is 0 Å². The fraction of sp³-hybridized carbons (Fsp3) is 0.0909. The van der Waals surface area contributed by atoms with Crippen LogP contribution in [0.25, 0.3) is 16.6 Å². The molecule has 0 fully saturated rings. The zero-order chi connectivity index (χ0) is 19.8. The fourth-order valence-corrected chi connectivity index (χ4v) is 3.92. The minimum absolute atomic E-state index is 0.818. The lowest BCUT2D eigenvalue weighted by Crippen LogP contribution is -1.99. The predicted molar refractivity (Wildman–Crippen MR) is 123 cm³/mol. The highest BCUT2D eigenvalue weighted by Gasteiger charge is 2.07. The van der Waals surface area contributed by atoms with Gasteiger partial charge < -0.3 is 5.32 Å². The van der Waals surface area contributed by atoms with Crippen LogP contribution in [-0.4, -0.2) is 24.6 Å². The first-order chi connectivity index (χ1) is 14.2. The third-order valence-electron chi connectivity index (χ3n) is 4.94. The van der Waals surface area contributed by atoms with Crippen LogP contribution in [0.3, 0.4) is 0 Å². The molecule has 0 atom stereocenters. The molecule has 0 aliphatic rings. The van der Waals surface area contributed by atoms with E-state index in [4.69, 9.17) is 0 Å². The molecular weight excluding hydrogens is 475 g/mol. The second kappa shape index (κ2) is 7.40. The lowest BCUT2D eigenvalue weighted by atomic mass is 10.0. The first kappa shape index (κ1) is 18.0. The van der Waals surface area contributed by atoms with E-state index >= 15 is 0 Å². The molecule has 5 aromatic rings. The summed E-state index contributed by atoms with van der Waals surface area (Å²) in [5, 5.41) is 8.62. The van der Waals surface area contributed by atoms with Crippen LogP contribution >= 0.6 is 22.6 Å². The molecule has 29 heavy (non-hydrogen) atoms. The Kier molecular flexibility index (Phi) is 4.59. The third kappa shape index (κ3) is 3.65. The number of aromatic nitrogens is 5. The second-order valence-corrected chi connectivity index (χ2v) is 8.17. The number of aryl methyl sites for hydroxylation is 1. The Morgan fingerprint density at radius 3 is 2.79 bits per heavy atom. The normalized spacial score (nSPS) is 11.2. The zero-order valence-electron chi connectivity index (χ0n) is 15.7. The smallest absolute Gasteiger partial charge is 0.155 e. The first-order valence-electron chi connectivity index (χ1n) is 9.21. The Morgan fingerprint density at radius 2 is 1.90 bits per heavy atom. The predicted octanol–water partition coefficient (Wildman–Crippen LogP) is 4.92. The topological polar surface area (TPSA) is 68.0 Å². The van der Waals surface area contributed by atoms with Crippen molar-refractivity contribution in [2.75, 3.05) is 5.32 Å². The average Bonchev–Trinajstić information content (AvgIpc) is 3.18. The van der Waals surface area contributed by atoms with Crippen LogP contribution in [0.5, 0.6) is 0 Å². The zero-order valence-corrected chi connectivity index (χ0v) is 17.8. The van der Waals surface area contributed by atoms with Gasteiger partial charge in [0.25, 0.3) is 0 Å². The summed E-state index contributed by atoms with van der Waals surface area (Å²) in [6, 6.07) is 16.8. The van der Waals surface area contributed by atoms with Crippen molar-refractivity contribution in [2.45, 2.75) is 13.3 Å². The molecule has 0 aliphatic heterocycles. The van der Waals surface area contributed by atoms with Gasteiger partial charge in [-0.25, -0.2) is 19.5 Å². The molecule has 7 heteroatoms. The van der Waals surface area contributed by atoms with Gasteiger partial charge in [-0.2, -0.15) is 5.10 Å². The molecule has 3 aromatic heterocycles. The molecule has 0 unspecified atom stereocenters. The minimum atomic E-state index is 0.818. The molecule has 0 saturated carbocycles. The Hall–Kier alpha value is -3.07. The quantitative estimate of drug-likeness (QED) is 0.361. The largest absolute Gasteiger partial charge is 0.340 e. The highest BCUT2D eigenvalue weighted by molar-refractivity contribution is 14.1. The number of pyridine rings is 1. The molecule has 0 aliphatic carbocycles. The molecule has 2 aromatic carbocycles. The van der Waals surface area contributed by atoms with Crippen LogP contribution in [0.2, 0.25) is 0 Å². The monoisotopic (exact) mass is 492 g/mol. The maximum absolute atomic E-state index is 4.45. The fourth-order valence-electron chi connectivity index (χ4n) is 3.42. The maximum Gasteiger partial charge on any atom is 0.155 e. The van der Waals surface area contributed by atoms with Crippen LogP contribution in [0.4, 0.5) is 11.5 Å². The van der Waals surface area contributed by atoms with E-state index in [1.165, 1.54) is 16.7 Å². The van der Waals surface area contributed by atoms with Gasteiger partial charge in [-0.3, -0.25) is 0 Å². The number of nitrogens with one attached hydrogen (secondary N) is 1. The molecule has 6 nitrogen and oxygen atoms in total. The molecular formula is C22H17IN6. The van der Waals surface area contributed by atoms with E-state index in [0.29, 0.717) is 0 Å². The van der Waals surface area contributed by atoms with Gasteiger partial charge in [0, 0.05) is 20.8 Å². The number of hydrogen-bond donors (Lipinski definition) is 1. The number of hydrogen-bond acceptors (Lipinski definition) is 5. The van der Waals surface area contributed by atoms with Crippen LogP contribution in [0, 0.1) is 10.5 Å². The Labute approximate surface area is 181 Å². The molecule has 0 amide bonds. The molecule has 0 bridgehead atoms. The van der Waals surface area contributed by atoms with Crippen molar-refractivity contribution in [1.82, 2.24) is 24.6 Å². The minimum Gasteiger partial charge on any atom is -0.340 e. The lowest BCUT2D eigenvalue weighted by molar-refractivity contribution is 0.953. The van der Waals surface area contributed by atoms with Crippen molar-refractivity contribution >= 4 is 50.6 Å². The van der Waals surface area contributed by atoms with E-state index < -0.39 is 0 Å². The standard InChI is InChI=1S/C22H17IN6/c1-14-8-18(28-22-19-11-17(23)3-5-20(19)24-12-26-22)4-2-16(14)9-15-6-7-29-21(10-15)25-13-27-29/h2-8,10-13H,9H2,1H3,(H,24,26,28). The summed E-state index contributed by atoms with van der Waals surface area (Å²) < 4.78 is 2.93. The van der Waals surface area contributed by atoms with E-state index in [-0.39, 0.29) is 0 Å². The van der Waals surface area contributed by atoms with Crippen molar-refractivity contribution in [3.05, 3.63) is 87.6 Å². The lowest BCUT2D eigenvalue weighted by Gasteiger charge is -2.12. The summed E-state index contributed by atoms with van der Waals surface area (Å²) in [5.41, 5.74) is 6.53. The molecule has 1 N–H and O–H groups in total. The highest BCUT2D eigenvalue weighted by atomic mass is 127. The number of benzene rings is 2. The van der Waals surface area contributed by atoms with Crippen molar-refractivity contribution in [1.29, 1.82) is 0 Å². The summed E-state index contributed by atoms with van der Waals surface area (Å²) in [4.78, 5) is 13.1. The van der Waals surface area contributed by atoms with E-state index in [0.717, 1.165) is 38.0 Å². The Bertz CT molecular complexity index is 1340. The van der Waals surface area contributed by atoms with Gasteiger partial charge in [0.2, 0.25) is 0 Å². The number of rotatable bonds is 4. The van der Waals surface area contributed by atoms with Crippen molar-refractivity contribution in [3.8, 4) is 0 Å². The second-order valence-electron chi connectivity index (χ2n) is 6.92. The van der Waals surface area contributed by atoms with Gasteiger partial charge in [-0.05, 0) is 95.1 Å². The third-order valence-corrected chi connectivity index (χ3v) is 5.61. The van der Waals surface area contributed by atoms with Crippen LogP contribution in [-0.2, 0) is 6.42 Å². The van der Waals surface area contributed by atoms with Crippen molar-refractivity contribution < 1.29 is 0 Å². The maximum atomic E-state index is 4.45. The summed E-state index contributed by atoms with van der Waals surface area (Å²) in [6.45, 7) is 2.14. The summed E-state index contributed by atoms with van der Waals surface area (Å²) in [6.07, 6.45) is 5.97. The van der Waals surface area contributed by atoms with Gasteiger partial charge in [0.05, 0.1) is 5.52 Å². The van der Waals surface area contributed by atoms with Crippen molar-refractivity contribution in [2.24, 2.45) is 0 Å². The van der Waals surface area contributed by atoms with Crippen LogP contribution < -0.4 is 5.32 Å². The molecule has 0 spiro atoms. The molecule has 0 saturated heterocycles. The van der Waals surface area contributed by atoms with Gasteiger partial charge in [-0.15, -0.1) is 0 Å². The summed E-state index contributed by atoms with van der Waals surface area (Å²) in [5.74, 6) is 0.818. The number of halogens is 1. The Morgan fingerprint density at radius 1 is 0.966 bits per heavy atom. The molecule has 0 radical (unpaired) electrons. The molecule has 3 heterocycles. The molecule has 142 valence electrons. The summed E-state index contributed by atoms with van der Waals surface area (Å²) >= 11 is 2.31. The van der Waals surface area contributed by atoms with Gasteiger partial charge in [0.15, 0.2) is 5.65 Å². The Balaban J connectivity index is 1.42. The molecule has 5 rings (SSSR count). The van der Waals surface area contributed by atoms with Crippen LogP contribution in [0.15, 0.2) is 67.4 Å². The SMILES string of the molecule is Cc1cc(Nc2ncnc3ccc(I)cc23)ccc1Cc1ccn2ncnc2c1. The van der Waals surface area contributed by atoms with Gasteiger partial charge >= 0.3 is 0 Å². The van der Waals surface area contributed by atoms with E-state index in [1.54, 1.807) is 17.2 Å². The number of fused-ring (bicyclic) bond motifs is 2. The summed E-state index contributed by atoms with van der Waals surface area (Å²) in [7, 11) is 0. The van der Waals surface area contributed by atoms with E-state index in [1.807, 2.05) is 12.3 Å². The van der Waals surface area contributed by atoms with Crippen LogP contribution in [0.1, 0.15) is 16.7 Å². The van der Waals surface area contributed by atoms with E-state index in [2.05, 4.69) is 97.3 Å². The number of nitrogens with zero attached hydrogens (tertiary/aromatic N) is 5. The van der Waals surface area contributed by atoms with Gasteiger partial charge in [0.1, 0.15) is 18.5 Å². The average molecular weight is 492 g/mol. The first-order valence-corrected chi connectivity index (χ1v) is 10.3. The number of anilines is 2. The van der Waals surface area contributed by atoms with Gasteiger partial charge in [-0.1, -0.05) is 6.07 Å². The van der Waals surface area contributed by atoms with Crippen molar-refractivity contribution in [3.63, 3.8) is 0 Å².